The summed E-state index contributed by atoms with van der Waals surface area (Å²) in [5, 5.41) is 14.6. The fourth-order valence-corrected chi connectivity index (χ4v) is 2.11. The number of nitriles is 1. The van der Waals surface area contributed by atoms with Gasteiger partial charge in [0.05, 0.1) is 23.7 Å². The van der Waals surface area contributed by atoms with Crippen LogP contribution >= 0.6 is 11.6 Å². The molecule has 0 bridgehead atoms. The van der Waals surface area contributed by atoms with Crippen molar-refractivity contribution in [2.45, 2.75) is 26.3 Å². The summed E-state index contributed by atoms with van der Waals surface area (Å²) in [6.45, 7) is 5.87. The van der Waals surface area contributed by atoms with Gasteiger partial charge in [0.25, 0.3) is 0 Å². The number of rotatable bonds is 5. The molecular weight excluding hydrogens is 316 g/mol. The summed E-state index contributed by atoms with van der Waals surface area (Å²) in [4.78, 5) is 25.4. The number of amides is 2. The topological polar surface area (TPSA) is 85.2 Å². The van der Waals surface area contributed by atoms with Gasteiger partial charge in [0.15, 0.2) is 0 Å². The van der Waals surface area contributed by atoms with Gasteiger partial charge >= 0.3 is 0 Å². The molecule has 0 atom stereocenters. The van der Waals surface area contributed by atoms with Crippen molar-refractivity contribution in [3.63, 3.8) is 0 Å². The molecular formula is C16H21ClN4O2. The van der Waals surface area contributed by atoms with Crippen molar-refractivity contribution >= 4 is 29.1 Å². The van der Waals surface area contributed by atoms with Crippen LogP contribution in [0.25, 0.3) is 0 Å². The maximum absolute atomic E-state index is 12.0. The molecule has 0 aliphatic carbocycles. The van der Waals surface area contributed by atoms with Crippen LogP contribution in [-0.2, 0) is 9.59 Å². The normalized spacial score (nSPS) is 11.0. The van der Waals surface area contributed by atoms with Gasteiger partial charge in [-0.25, -0.2) is 0 Å². The number of nitrogens with zero attached hydrogens (tertiary/aromatic N) is 2. The molecule has 6 nitrogen and oxygen atoms in total. The zero-order valence-electron chi connectivity index (χ0n) is 13.7. The highest BCUT2D eigenvalue weighted by Gasteiger charge is 2.16. The fourth-order valence-electron chi connectivity index (χ4n) is 1.89. The largest absolute Gasteiger partial charge is 0.350 e. The van der Waals surface area contributed by atoms with Gasteiger partial charge in [-0.05, 0) is 46.0 Å². The molecule has 0 heterocycles. The molecule has 2 N–H and O–H groups in total. The summed E-state index contributed by atoms with van der Waals surface area (Å²) in [5.74, 6) is -0.411. The first kappa shape index (κ1) is 18.9. The van der Waals surface area contributed by atoms with Gasteiger partial charge in [-0.15, -0.1) is 0 Å². The molecule has 23 heavy (non-hydrogen) atoms. The number of carbonyl (C=O) groups is 2. The number of carbonyl (C=O) groups excluding carboxylic acids is 2. The standard InChI is InChI=1S/C16H21ClN4O2/c1-16(2,3)20-15(23)10-21(4)9-14(22)19-12-6-5-11(8-18)13(17)7-12/h5-7H,9-10H2,1-4H3,(H,19,22)(H,20,23). The van der Waals surface area contributed by atoms with Gasteiger partial charge in [-0.1, -0.05) is 11.6 Å². The van der Waals surface area contributed by atoms with Crippen LogP contribution in [0.4, 0.5) is 5.69 Å². The summed E-state index contributed by atoms with van der Waals surface area (Å²) < 4.78 is 0. The van der Waals surface area contributed by atoms with E-state index in [0.717, 1.165) is 0 Å². The number of benzene rings is 1. The Morgan fingerprint density at radius 3 is 2.39 bits per heavy atom. The van der Waals surface area contributed by atoms with Gasteiger partial charge in [0.1, 0.15) is 6.07 Å². The summed E-state index contributed by atoms with van der Waals surface area (Å²) >= 11 is 5.91. The third kappa shape index (κ3) is 7.13. The molecule has 0 fully saturated rings. The zero-order chi connectivity index (χ0) is 17.6. The Kier molecular flexibility index (Phi) is 6.55. The van der Waals surface area contributed by atoms with Crippen molar-refractivity contribution in [1.29, 1.82) is 5.26 Å². The molecule has 0 saturated heterocycles. The van der Waals surface area contributed by atoms with Gasteiger partial charge < -0.3 is 10.6 Å². The predicted molar refractivity (Wildman–Crippen MR) is 90.2 cm³/mol. The quantitative estimate of drug-likeness (QED) is 0.861. The summed E-state index contributed by atoms with van der Waals surface area (Å²) in [7, 11) is 1.69. The SMILES string of the molecule is CN(CC(=O)Nc1ccc(C#N)c(Cl)c1)CC(=O)NC(C)(C)C. The zero-order valence-corrected chi connectivity index (χ0v) is 14.5. The van der Waals surface area contributed by atoms with Gasteiger partial charge in [-0.3, -0.25) is 14.5 Å². The minimum Gasteiger partial charge on any atom is -0.350 e. The molecule has 0 aliphatic heterocycles. The van der Waals surface area contributed by atoms with Crippen LogP contribution in [0.3, 0.4) is 0 Å². The molecule has 1 aromatic carbocycles. The van der Waals surface area contributed by atoms with Gasteiger partial charge in [0, 0.05) is 11.2 Å². The third-order valence-corrected chi connectivity index (χ3v) is 3.03. The Hall–Kier alpha value is -2.10. The van der Waals surface area contributed by atoms with Crippen LogP contribution in [0.15, 0.2) is 18.2 Å². The third-order valence-electron chi connectivity index (χ3n) is 2.71. The van der Waals surface area contributed by atoms with Crippen LogP contribution in [0.2, 0.25) is 5.02 Å². The Morgan fingerprint density at radius 2 is 1.87 bits per heavy atom. The van der Waals surface area contributed by atoms with Crippen LogP contribution < -0.4 is 10.6 Å². The van der Waals surface area contributed by atoms with Crippen LogP contribution in [0.5, 0.6) is 0 Å². The Morgan fingerprint density at radius 1 is 1.26 bits per heavy atom. The molecule has 0 aliphatic rings. The second kappa shape index (κ2) is 7.95. The first-order valence-electron chi connectivity index (χ1n) is 7.10. The molecule has 7 heteroatoms. The number of hydrogen-bond acceptors (Lipinski definition) is 4. The van der Waals surface area contributed by atoms with Crippen LogP contribution in [-0.4, -0.2) is 42.4 Å². The molecule has 0 spiro atoms. The molecule has 1 rings (SSSR count). The second-order valence-electron chi connectivity index (χ2n) is 6.33. The van der Waals surface area contributed by atoms with E-state index in [0.29, 0.717) is 11.3 Å². The van der Waals surface area contributed by atoms with Crippen LogP contribution in [0.1, 0.15) is 26.3 Å². The average Bonchev–Trinajstić information content (AvgIpc) is 2.35. The van der Waals surface area contributed by atoms with E-state index in [4.69, 9.17) is 16.9 Å². The van der Waals surface area contributed by atoms with Crippen LogP contribution in [0, 0.1) is 11.3 Å². The van der Waals surface area contributed by atoms with E-state index >= 15 is 0 Å². The summed E-state index contributed by atoms with van der Waals surface area (Å²) in [6.07, 6.45) is 0. The van der Waals surface area contributed by atoms with E-state index in [-0.39, 0.29) is 35.5 Å². The van der Waals surface area contributed by atoms with Crippen molar-refractivity contribution in [3.05, 3.63) is 28.8 Å². The number of hydrogen-bond donors (Lipinski definition) is 2. The lowest BCUT2D eigenvalue weighted by Crippen LogP contribution is -2.46. The Balaban J connectivity index is 2.52. The minimum atomic E-state index is -0.306. The maximum Gasteiger partial charge on any atom is 0.238 e. The predicted octanol–water partition coefficient (Wildman–Crippen LogP) is 2.00. The van der Waals surface area contributed by atoms with Crippen molar-refractivity contribution < 1.29 is 9.59 Å². The number of halogens is 1. The Labute approximate surface area is 141 Å². The lowest BCUT2D eigenvalue weighted by Gasteiger charge is -2.23. The Bertz CT molecular complexity index is 632. The van der Waals surface area contributed by atoms with E-state index in [2.05, 4.69) is 10.6 Å². The van der Waals surface area contributed by atoms with Crippen molar-refractivity contribution in [3.8, 4) is 6.07 Å². The number of likely N-dealkylation sites (N-methyl/N-ethyl adjacent to an activating group) is 1. The average molecular weight is 337 g/mol. The second-order valence-corrected chi connectivity index (χ2v) is 6.73. The lowest BCUT2D eigenvalue weighted by atomic mass is 10.1. The van der Waals surface area contributed by atoms with E-state index in [1.54, 1.807) is 24.1 Å². The van der Waals surface area contributed by atoms with Crippen molar-refractivity contribution in [2.24, 2.45) is 0 Å². The number of nitrogens with one attached hydrogen (secondary N) is 2. The highest BCUT2D eigenvalue weighted by Crippen LogP contribution is 2.20. The number of anilines is 1. The fraction of sp³-hybridized carbons (Fsp3) is 0.438. The minimum absolute atomic E-state index is 0.0647. The highest BCUT2D eigenvalue weighted by molar-refractivity contribution is 6.32. The van der Waals surface area contributed by atoms with Crippen molar-refractivity contribution in [2.75, 3.05) is 25.5 Å². The van der Waals surface area contributed by atoms with E-state index in [1.807, 2.05) is 26.8 Å². The molecule has 0 radical (unpaired) electrons. The molecule has 1 aromatic rings. The van der Waals surface area contributed by atoms with E-state index < -0.39 is 0 Å². The van der Waals surface area contributed by atoms with E-state index in [9.17, 15) is 9.59 Å². The summed E-state index contributed by atoms with van der Waals surface area (Å²) in [6, 6.07) is 6.61. The summed E-state index contributed by atoms with van der Waals surface area (Å²) in [5.41, 5.74) is 0.548. The van der Waals surface area contributed by atoms with Crippen molar-refractivity contribution in [1.82, 2.24) is 10.2 Å². The molecule has 0 unspecified atom stereocenters. The molecule has 0 saturated carbocycles. The monoisotopic (exact) mass is 336 g/mol. The smallest absolute Gasteiger partial charge is 0.238 e. The highest BCUT2D eigenvalue weighted by atomic mass is 35.5. The molecule has 124 valence electrons. The van der Waals surface area contributed by atoms with Gasteiger partial charge in [0.2, 0.25) is 11.8 Å². The van der Waals surface area contributed by atoms with Gasteiger partial charge in [-0.2, -0.15) is 5.26 Å². The lowest BCUT2D eigenvalue weighted by molar-refractivity contribution is -0.124. The maximum atomic E-state index is 12.0. The first-order chi connectivity index (χ1) is 10.6. The molecule has 2 amide bonds. The first-order valence-corrected chi connectivity index (χ1v) is 7.47. The van der Waals surface area contributed by atoms with E-state index in [1.165, 1.54) is 6.07 Å². The molecule has 0 aromatic heterocycles.